The van der Waals surface area contributed by atoms with Crippen LogP contribution in [0.4, 0.5) is 11.6 Å². The van der Waals surface area contributed by atoms with Gasteiger partial charge in [-0.25, -0.2) is 9.97 Å². The average Bonchev–Trinajstić information content (AvgIpc) is 2.37. The van der Waals surface area contributed by atoms with E-state index in [0.29, 0.717) is 12.4 Å². The van der Waals surface area contributed by atoms with Crippen LogP contribution in [0.1, 0.15) is 36.8 Å². The summed E-state index contributed by atoms with van der Waals surface area (Å²) < 4.78 is 0. The number of nitrogen functional groups attached to an aromatic ring is 1. The minimum absolute atomic E-state index is 0.251. The molecule has 0 unspecified atom stereocenters. The van der Waals surface area contributed by atoms with Gasteiger partial charge in [-0.15, -0.1) is 0 Å². The Labute approximate surface area is 113 Å². The fourth-order valence-electron chi connectivity index (χ4n) is 1.71. The number of nitrogens with two attached hydrogens (primary N) is 1. The molecular weight excluding hydrogens is 238 g/mol. The van der Waals surface area contributed by atoms with Gasteiger partial charge in [0.1, 0.15) is 17.5 Å². The average molecular weight is 257 g/mol. The Morgan fingerprint density at radius 1 is 1.32 bits per heavy atom. The van der Waals surface area contributed by atoms with Gasteiger partial charge in [-0.3, -0.25) is 4.98 Å². The van der Waals surface area contributed by atoms with Gasteiger partial charge < -0.3 is 11.1 Å². The van der Waals surface area contributed by atoms with Crippen molar-refractivity contribution in [3.63, 3.8) is 0 Å². The molecule has 19 heavy (non-hydrogen) atoms. The molecule has 2 heterocycles. The van der Waals surface area contributed by atoms with Crippen molar-refractivity contribution in [2.45, 2.75) is 33.2 Å². The third-order valence-electron chi connectivity index (χ3n) is 2.83. The number of nitrogens with one attached hydrogen (secondary N) is 1. The third kappa shape index (κ3) is 3.40. The molecule has 3 N–H and O–H groups in total. The zero-order valence-corrected chi connectivity index (χ0v) is 11.5. The first kappa shape index (κ1) is 13.3. The summed E-state index contributed by atoms with van der Waals surface area (Å²) >= 11 is 0. The number of pyridine rings is 1. The van der Waals surface area contributed by atoms with E-state index in [4.69, 9.17) is 5.73 Å². The van der Waals surface area contributed by atoms with Crippen LogP contribution in [0.5, 0.6) is 0 Å². The number of aryl methyl sites for hydroxylation is 1. The Balaban J connectivity index is 2.14. The van der Waals surface area contributed by atoms with Crippen LogP contribution in [0.2, 0.25) is 0 Å². The van der Waals surface area contributed by atoms with E-state index in [9.17, 15) is 0 Å². The van der Waals surface area contributed by atoms with Crippen LogP contribution in [0.25, 0.3) is 0 Å². The largest absolute Gasteiger partial charge is 0.384 e. The van der Waals surface area contributed by atoms with Crippen molar-refractivity contribution in [3.05, 3.63) is 41.5 Å². The highest BCUT2D eigenvalue weighted by atomic mass is 15.1. The van der Waals surface area contributed by atoms with E-state index in [1.54, 1.807) is 12.3 Å². The predicted molar refractivity (Wildman–Crippen MR) is 76.8 cm³/mol. The fourth-order valence-corrected chi connectivity index (χ4v) is 1.71. The maximum atomic E-state index is 5.79. The molecule has 0 aromatic carbocycles. The number of hydrogen-bond donors (Lipinski definition) is 2. The SMILES string of the molecule is Cc1cccnc1CNc1cc(N)nc(C(C)C)n1. The molecule has 0 bridgehead atoms. The van der Waals surface area contributed by atoms with Crippen molar-refractivity contribution in [1.29, 1.82) is 0 Å². The normalized spacial score (nSPS) is 10.7. The van der Waals surface area contributed by atoms with Gasteiger partial charge >= 0.3 is 0 Å². The topological polar surface area (TPSA) is 76.7 Å². The van der Waals surface area contributed by atoms with Gasteiger partial charge in [-0.2, -0.15) is 0 Å². The first-order valence-electron chi connectivity index (χ1n) is 6.35. The monoisotopic (exact) mass is 257 g/mol. The van der Waals surface area contributed by atoms with Gasteiger partial charge in [-0.05, 0) is 18.6 Å². The number of rotatable bonds is 4. The van der Waals surface area contributed by atoms with Crippen molar-refractivity contribution in [2.24, 2.45) is 0 Å². The van der Waals surface area contributed by atoms with Gasteiger partial charge in [0, 0.05) is 18.2 Å². The van der Waals surface area contributed by atoms with Crippen molar-refractivity contribution in [2.75, 3.05) is 11.1 Å². The minimum Gasteiger partial charge on any atom is -0.384 e. The molecule has 0 saturated heterocycles. The second-order valence-electron chi connectivity index (χ2n) is 4.81. The Bertz CT molecular complexity index is 566. The molecule has 2 aromatic heterocycles. The van der Waals surface area contributed by atoms with E-state index in [0.717, 1.165) is 22.9 Å². The minimum atomic E-state index is 0.251. The molecule has 0 aliphatic carbocycles. The smallest absolute Gasteiger partial charge is 0.135 e. The maximum Gasteiger partial charge on any atom is 0.135 e. The molecular formula is C14H19N5. The van der Waals surface area contributed by atoms with Gasteiger partial charge in [0.2, 0.25) is 0 Å². The van der Waals surface area contributed by atoms with Gasteiger partial charge in [0.15, 0.2) is 0 Å². The summed E-state index contributed by atoms with van der Waals surface area (Å²) in [4.78, 5) is 13.0. The molecule has 0 fully saturated rings. The second-order valence-corrected chi connectivity index (χ2v) is 4.81. The number of anilines is 2. The summed E-state index contributed by atoms with van der Waals surface area (Å²) in [5, 5.41) is 3.24. The highest BCUT2D eigenvalue weighted by Gasteiger charge is 2.07. The van der Waals surface area contributed by atoms with Crippen molar-refractivity contribution >= 4 is 11.6 Å². The Kier molecular flexibility index (Phi) is 3.94. The molecule has 0 spiro atoms. The fraction of sp³-hybridized carbons (Fsp3) is 0.357. The lowest BCUT2D eigenvalue weighted by Crippen LogP contribution is -2.09. The molecule has 0 aliphatic rings. The highest BCUT2D eigenvalue weighted by molar-refractivity contribution is 5.45. The standard InChI is InChI=1S/C14H19N5/c1-9(2)14-18-12(15)7-13(19-14)17-8-11-10(3)5-4-6-16-11/h4-7,9H,8H2,1-3H3,(H3,15,17,18,19). The summed E-state index contributed by atoms with van der Waals surface area (Å²) in [7, 11) is 0. The summed E-state index contributed by atoms with van der Waals surface area (Å²) in [6, 6.07) is 5.71. The van der Waals surface area contributed by atoms with Crippen molar-refractivity contribution in [3.8, 4) is 0 Å². The van der Waals surface area contributed by atoms with Gasteiger partial charge in [0.25, 0.3) is 0 Å². The van der Waals surface area contributed by atoms with E-state index >= 15 is 0 Å². The van der Waals surface area contributed by atoms with Crippen LogP contribution in [0, 0.1) is 6.92 Å². The number of hydrogen-bond acceptors (Lipinski definition) is 5. The molecule has 0 amide bonds. The summed E-state index contributed by atoms with van der Waals surface area (Å²) in [5.74, 6) is 2.22. The lowest BCUT2D eigenvalue weighted by Gasteiger charge is -2.10. The molecule has 2 aromatic rings. The molecule has 0 saturated carbocycles. The lowest BCUT2D eigenvalue weighted by atomic mass is 10.2. The van der Waals surface area contributed by atoms with Crippen LogP contribution in [0.15, 0.2) is 24.4 Å². The van der Waals surface area contributed by atoms with Gasteiger partial charge in [0.05, 0.1) is 12.2 Å². The Morgan fingerprint density at radius 2 is 2.11 bits per heavy atom. The first-order valence-corrected chi connectivity index (χ1v) is 6.35. The van der Waals surface area contributed by atoms with Crippen LogP contribution < -0.4 is 11.1 Å². The van der Waals surface area contributed by atoms with E-state index in [1.807, 2.05) is 32.9 Å². The lowest BCUT2D eigenvalue weighted by molar-refractivity contribution is 0.776. The first-order chi connectivity index (χ1) is 9.06. The second kappa shape index (κ2) is 5.65. The summed E-state index contributed by atoms with van der Waals surface area (Å²) in [6.45, 7) is 6.75. The van der Waals surface area contributed by atoms with Crippen LogP contribution in [0.3, 0.4) is 0 Å². The van der Waals surface area contributed by atoms with Crippen molar-refractivity contribution in [1.82, 2.24) is 15.0 Å². The summed E-state index contributed by atoms with van der Waals surface area (Å²) in [6.07, 6.45) is 1.79. The van der Waals surface area contributed by atoms with E-state index in [2.05, 4.69) is 20.3 Å². The molecule has 0 aliphatic heterocycles. The molecule has 2 rings (SSSR count). The third-order valence-corrected chi connectivity index (χ3v) is 2.83. The predicted octanol–water partition coefficient (Wildman–Crippen LogP) is 2.50. The summed E-state index contributed by atoms with van der Waals surface area (Å²) in [5.41, 5.74) is 7.95. The maximum absolute atomic E-state index is 5.79. The Morgan fingerprint density at radius 3 is 2.79 bits per heavy atom. The van der Waals surface area contributed by atoms with Crippen LogP contribution in [-0.4, -0.2) is 15.0 Å². The van der Waals surface area contributed by atoms with Crippen LogP contribution >= 0.6 is 0 Å². The van der Waals surface area contributed by atoms with E-state index in [1.165, 1.54) is 0 Å². The number of aromatic nitrogens is 3. The van der Waals surface area contributed by atoms with E-state index < -0.39 is 0 Å². The zero-order valence-electron chi connectivity index (χ0n) is 11.5. The molecule has 0 atom stereocenters. The van der Waals surface area contributed by atoms with Crippen molar-refractivity contribution < 1.29 is 0 Å². The molecule has 5 nitrogen and oxygen atoms in total. The quantitative estimate of drug-likeness (QED) is 0.880. The van der Waals surface area contributed by atoms with Gasteiger partial charge in [-0.1, -0.05) is 19.9 Å². The highest BCUT2D eigenvalue weighted by Crippen LogP contribution is 2.15. The zero-order chi connectivity index (χ0) is 13.8. The molecule has 100 valence electrons. The van der Waals surface area contributed by atoms with E-state index in [-0.39, 0.29) is 5.92 Å². The van der Waals surface area contributed by atoms with Crippen LogP contribution in [-0.2, 0) is 6.54 Å². The Hall–Kier alpha value is -2.17. The number of nitrogens with zero attached hydrogens (tertiary/aromatic N) is 3. The molecule has 0 radical (unpaired) electrons. The molecule has 5 heteroatoms.